The Hall–Kier alpha value is -2.60. The third-order valence-electron chi connectivity index (χ3n) is 5.07. The first kappa shape index (κ1) is 16.8. The summed E-state index contributed by atoms with van der Waals surface area (Å²) in [6, 6.07) is 13.5. The number of benzene rings is 2. The molecule has 134 valence electrons. The van der Waals surface area contributed by atoms with Crippen LogP contribution in [0.4, 0.5) is 5.69 Å². The fourth-order valence-electron chi connectivity index (χ4n) is 3.85. The highest BCUT2D eigenvalue weighted by Crippen LogP contribution is 2.45. The van der Waals surface area contributed by atoms with Gasteiger partial charge < -0.3 is 20.7 Å². The molecule has 2 aromatic rings. The Morgan fingerprint density at radius 3 is 2.77 bits per heavy atom. The molecule has 0 aromatic heterocycles. The van der Waals surface area contributed by atoms with Crippen LogP contribution in [0.5, 0.6) is 5.75 Å². The molecular weight excluding hydrogens is 346 g/mol. The van der Waals surface area contributed by atoms with Crippen LogP contribution in [0.3, 0.4) is 0 Å². The highest BCUT2D eigenvalue weighted by molar-refractivity contribution is 7.80. The molecule has 0 aliphatic carbocycles. The van der Waals surface area contributed by atoms with E-state index in [9.17, 15) is 4.79 Å². The van der Waals surface area contributed by atoms with Crippen LogP contribution in [0.1, 0.15) is 29.7 Å². The Labute approximate surface area is 158 Å². The second-order valence-electron chi connectivity index (χ2n) is 7.11. The quantitative estimate of drug-likeness (QED) is 0.712. The molecule has 2 heterocycles. The Morgan fingerprint density at radius 1 is 1.23 bits per heavy atom. The largest absolute Gasteiger partial charge is 0.467 e. The predicted molar refractivity (Wildman–Crippen MR) is 105 cm³/mol. The summed E-state index contributed by atoms with van der Waals surface area (Å²) in [5, 5.41) is 9.94. The van der Waals surface area contributed by atoms with Crippen molar-refractivity contribution in [2.45, 2.75) is 32.5 Å². The number of nitrogens with one attached hydrogen (secondary N) is 3. The number of carbonyl (C=O) groups is 1. The molecule has 2 bridgehead atoms. The maximum Gasteiger partial charge on any atom is 0.236 e. The lowest BCUT2D eigenvalue weighted by molar-refractivity contribution is -0.132. The van der Waals surface area contributed by atoms with Crippen molar-refractivity contribution in [2.24, 2.45) is 5.92 Å². The van der Waals surface area contributed by atoms with Gasteiger partial charge >= 0.3 is 0 Å². The van der Waals surface area contributed by atoms with Gasteiger partial charge in [-0.3, -0.25) is 4.79 Å². The van der Waals surface area contributed by atoms with Gasteiger partial charge in [0.1, 0.15) is 11.7 Å². The molecule has 1 amide bonds. The predicted octanol–water partition coefficient (Wildman–Crippen LogP) is 3.19. The average molecular weight is 367 g/mol. The maximum absolute atomic E-state index is 13.2. The number of para-hydroxylation sites is 1. The van der Waals surface area contributed by atoms with E-state index >= 15 is 0 Å². The number of thiocarbonyl (C=S) groups is 1. The number of ether oxygens (including phenoxy) is 1. The zero-order chi connectivity index (χ0) is 18.5. The lowest BCUT2D eigenvalue weighted by atomic mass is 9.80. The molecule has 0 saturated carbocycles. The molecule has 0 radical (unpaired) electrons. The standard InChI is InChI=1S/C20H21N3O2S/c1-11-8-9-14(12(2)10-11)21-18(24)16-17-13-6-4-5-7-15(13)25-20(16,3)23-19(26)22-17/h4-10,16-17H,1-3H3,(H,21,24)(H2,22,23,26)/t16?,17?,20-/m0/s1. The minimum Gasteiger partial charge on any atom is -0.467 e. The van der Waals surface area contributed by atoms with Gasteiger partial charge in [-0.15, -0.1) is 0 Å². The van der Waals surface area contributed by atoms with E-state index in [4.69, 9.17) is 17.0 Å². The zero-order valence-electron chi connectivity index (χ0n) is 14.9. The van der Waals surface area contributed by atoms with Crippen molar-refractivity contribution in [3.8, 4) is 5.75 Å². The van der Waals surface area contributed by atoms with Crippen molar-refractivity contribution in [1.82, 2.24) is 10.6 Å². The van der Waals surface area contributed by atoms with Crippen LogP contribution in [0.15, 0.2) is 42.5 Å². The number of hydrogen-bond acceptors (Lipinski definition) is 3. The summed E-state index contributed by atoms with van der Waals surface area (Å²) >= 11 is 5.33. The van der Waals surface area contributed by atoms with Gasteiger partial charge in [0.2, 0.25) is 5.91 Å². The number of carbonyl (C=O) groups excluding carboxylic acids is 1. The summed E-state index contributed by atoms with van der Waals surface area (Å²) in [6.45, 7) is 5.89. The third-order valence-corrected chi connectivity index (χ3v) is 5.29. The van der Waals surface area contributed by atoms with Gasteiger partial charge in [-0.1, -0.05) is 35.9 Å². The summed E-state index contributed by atoms with van der Waals surface area (Å²) in [7, 11) is 0. The molecule has 3 atom stereocenters. The maximum atomic E-state index is 13.2. The van der Waals surface area contributed by atoms with E-state index in [1.807, 2.05) is 57.2 Å². The van der Waals surface area contributed by atoms with Crippen molar-refractivity contribution in [3.63, 3.8) is 0 Å². The van der Waals surface area contributed by atoms with E-state index in [0.717, 1.165) is 28.1 Å². The monoisotopic (exact) mass is 367 g/mol. The Bertz CT molecular complexity index is 914. The number of anilines is 1. The molecule has 4 rings (SSSR count). The van der Waals surface area contributed by atoms with Gasteiger partial charge in [0.05, 0.1) is 6.04 Å². The highest BCUT2D eigenvalue weighted by Gasteiger charge is 2.54. The molecule has 2 unspecified atom stereocenters. The molecule has 2 aliphatic heterocycles. The second kappa shape index (κ2) is 5.99. The van der Waals surface area contributed by atoms with Gasteiger partial charge in [0.15, 0.2) is 10.8 Å². The molecular formula is C20H21N3O2S. The van der Waals surface area contributed by atoms with Crippen LogP contribution < -0.4 is 20.7 Å². The summed E-state index contributed by atoms with van der Waals surface area (Å²) in [4.78, 5) is 13.2. The number of fused-ring (bicyclic) bond motifs is 4. The number of amides is 1. The summed E-state index contributed by atoms with van der Waals surface area (Å²) in [5.41, 5.74) is 3.03. The fourth-order valence-corrected chi connectivity index (χ4v) is 4.18. The van der Waals surface area contributed by atoms with Gasteiger partial charge in [-0.05, 0) is 50.7 Å². The topological polar surface area (TPSA) is 62.4 Å². The van der Waals surface area contributed by atoms with Crippen molar-refractivity contribution >= 4 is 28.9 Å². The van der Waals surface area contributed by atoms with Gasteiger partial charge in [-0.25, -0.2) is 0 Å². The smallest absolute Gasteiger partial charge is 0.236 e. The summed E-state index contributed by atoms with van der Waals surface area (Å²) in [5.74, 6) is 0.171. The average Bonchev–Trinajstić information content (AvgIpc) is 2.56. The number of aryl methyl sites for hydroxylation is 2. The van der Waals surface area contributed by atoms with Crippen LogP contribution >= 0.6 is 12.2 Å². The van der Waals surface area contributed by atoms with E-state index in [1.54, 1.807) is 0 Å². The lowest BCUT2D eigenvalue weighted by Gasteiger charge is -2.50. The summed E-state index contributed by atoms with van der Waals surface area (Å²) in [6.07, 6.45) is 0. The van der Waals surface area contributed by atoms with E-state index in [1.165, 1.54) is 0 Å². The lowest BCUT2D eigenvalue weighted by Crippen LogP contribution is -2.70. The van der Waals surface area contributed by atoms with Gasteiger partial charge in [0.25, 0.3) is 0 Å². The van der Waals surface area contributed by atoms with Crippen molar-refractivity contribution in [1.29, 1.82) is 0 Å². The third kappa shape index (κ3) is 2.70. The molecule has 3 N–H and O–H groups in total. The Kier molecular flexibility index (Phi) is 3.88. The zero-order valence-corrected chi connectivity index (χ0v) is 15.7. The van der Waals surface area contributed by atoms with Crippen molar-refractivity contribution in [2.75, 3.05) is 5.32 Å². The number of rotatable bonds is 2. The highest BCUT2D eigenvalue weighted by atomic mass is 32.1. The molecule has 1 fully saturated rings. The minimum absolute atomic E-state index is 0.110. The summed E-state index contributed by atoms with van der Waals surface area (Å²) < 4.78 is 6.18. The van der Waals surface area contributed by atoms with Crippen LogP contribution in [0.25, 0.3) is 0 Å². The molecule has 1 saturated heterocycles. The Morgan fingerprint density at radius 2 is 2.00 bits per heavy atom. The number of hydrogen-bond donors (Lipinski definition) is 3. The minimum atomic E-state index is -0.913. The van der Waals surface area contributed by atoms with Crippen molar-refractivity contribution in [3.05, 3.63) is 59.2 Å². The Balaban J connectivity index is 1.71. The molecule has 2 aromatic carbocycles. The van der Waals surface area contributed by atoms with Gasteiger partial charge in [0, 0.05) is 11.3 Å². The van der Waals surface area contributed by atoms with Crippen LogP contribution in [-0.4, -0.2) is 16.7 Å². The van der Waals surface area contributed by atoms with Crippen LogP contribution in [0.2, 0.25) is 0 Å². The molecule has 26 heavy (non-hydrogen) atoms. The van der Waals surface area contributed by atoms with Gasteiger partial charge in [-0.2, -0.15) is 0 Å². The SMILES string of the molecule is Cc1ccc(NC(=O)C2C3NC(=S)N[C@@]2(C)Oc2ccccc23)c(C)c1. The first-order valence-corrected chi connectivity index (χ1v) is 9.03. The normalized spacial score (nSPS) is 26.0. The van der Waals surface area contributed by atoms with Crippen LogP contribution in [-0.2, 0) is 4.79 Å². The molecule has 2 aliphatic rings. The molecule has 5 nitrogen and oxygen atoms in total. The van der Waals surface area contributed by atoms with E-state index in [0.29, 0.717) is 5.11 Å². The molecule has 6 heteroatoms. The van der Waals surface area contributed by atoms with Crippen LogP contribution in [0, 0.1) is 19.8 Å². The van der Waals surface area contributed by atoms with Crippen molar-refractivity contribution < 1.29 is 9.53 Å². The first-order chi connectivity index (χ1) is 12.4. The molecule has 0 spiro atoms. The first-order valence-electron chi connectivity index (χ1n) is 8.62. The second-order valence-corrected chi connectivity index (χ2v) is 7.52. The van der Waals surface area contributed by atoms with E-state index in [-0.39, 0.29) is 11.9 Å². The fraction of sp³-hybridized carbons (Fsp3) is 0.300. The van der Waals surface area contributed by atoms with E-state index < -0.39 is 11.6 Å². The van der Waals surface area contributed by atoms with E-state index in [2.05, 4.69) is 22.0 Å².